The first-order chi connectivity index (χ1) is 17.9. The van der Waals surface area contributed by atoms with Crippen LogP contribution in [-0.4, -0.2) is 17.1 Å². The van der Waals surface area contributed by atoms with E-state index in [0.29, 0.717) is 43.2 Å². The molecule has 0 fully saturated rings. The molecule has 1 aliphatic heterocycles. The largest absolute Gasteiger partial charge is 0.463 e. The van der Waals surface area contributed by atoms with Gasteiger partial charge in [0, 0.05) is 11.6 Å². The molecule has 0 spiro atoms. The average molecular weight is 514 g/mol. The van der Waals surface area contributed by atoms with Gasteiger partial charge in [0.25, 0.3) is 5.56 Å². The third kappa shape index (κ3) is 4.43. The lowest BCUT2D eigenvalue weighted by molar-refractivity contribution is -0.139. The first kappa shape index (κ1) is 24.2. The Hall–Kier alpha value is -4.55. The van der Waals surface area contributed by atoms with Gasteiger partial charge in [-0.3, -0.25) is 9.36 Å². The molecule has 0 radical (unpaired) electrons. The van der Waals surface area contributed by atoms with Crippen LogP contribution in [0.5, 0.6) is 0 Å². The van der Waals surface area contributed by atoms with Crippen molar-refractivity contribution < 1.29 is 18.3 Å². The fraction of sp³-hybridized carbons (Fsp3) is 0.143. The Morgan fingerprint density at radius 3 is 2.70 bits per heavy atom. The zero-order chi connectivity index (χ0) is 26.1. The van der Waals surface area contributed by atoms with Gasteiger partial charge < -0.3 is 9.15 Å². The van der Waals surface area contributed by atoms with Crippen LogP contribution in [0, 0.1) is 17.1 Å². The number of thiazole rings is 1. The summed E-state index contributed by atoms with van der Waals surface area (Å²) in [5.41, 5.74) is 1.96. The van der Waals surface area contributed by atoms with Crippen LogP contribution in [-0.2, 0) is 9.53 Å². The molecule has 3 heterocycles. The molecule has 0 N–H and O–H groups in total. The predicted octanol–water partition coefficient (Wildman–Crippen LogP) is 4.07. The van der Waals surface area contributed by atoms with Gasteiger partial charge in [-0.1, -0.05) is 35.6 Å². The second-order valence-corrected chi connectivity index (χ2v) is 9.22. The highest BCUT2D eigenvalue weighted by Crippen LogP contribution is 2.31. The van der Waals surface area contributed by atoms with Gasteiger partial charge in [0.05, 0.1) is 40.1 Å². The topological polar surface area (TPSA) is 97.6 Å². The van der Waals surface area contributed by atoms with Gasteiger partial charge in [0.1, 0.15) is 17.3 Å². The van der Waals surface area contributed by atoms with Crippen molar-refractivity contribution >= 4 is 23.4 Å². The standard InChI is InChI=1S/C28H20FN3O4S/c1-3-35-27(34)24-16(2)31-28-32(25(24)17-8-10-19(29)11-9-17)26(33)23(37-28)14-20-12-13-22(36-20)21-7-5-4-6-18(21)15-30/h4-14,25H,3H2,1-2H3/b23-14-/t25-/m1/s1. The number of rotatable bonds is 5. The zero-order valence-corrected chi connectivity index (χ0v) is 20.7. The number of hydrogen-bond acceptors (Lipinski definition) is 7. The second kappa shape index (κ2) is 9.84. The van der Waals surface area contributed by atoms with Crippen molar-refractivity contribution in [2.45, 2.75) is 19.9 Å². The maximum absolute atomic E-state index is 13.7. The van der Waals surface area contributed by atoms with E-state index in [0.717, 1.165) is 11.3 Å². The van der Waals surface area contributed by atoms with Crippen LogP contribution in [0.2, 0.25) is 0 Å². The molecular weight excluding hydrogens is 493 g/mol. The van der Waals surface area contributed by atoms with E-state index in [2.05, 4.69) is 11.1 Å². The van der Waals surface area contributed by atoms with E-state index in [1.807, 2.05) is 6.07 Å². The molecule has 5 rings (SSSR count). The first-order valence-corrected chi connectivity index (χ1v) is 12.3. The summed E-state index contributed by atoms with van der Waals surface area (Å²) in [7, 11) is 0. The number of nitriles is 1. The summed E-state index contributed by atoms with van der Waals surface area (Å²) in [6.07, 6.45) is 1.60. The zero-order valence-electron chi connectivity index (χ0n) is 19.9. The monoisotopic (exact) mass is 513 g/mol. The van der Waals surface area contributed by atoms with Gasteiger partial charge in [0.2, 0.25) is 0 Å². The lowest BCUT2D eigenvalue weighted by atomic mass is 9.96. The van der Waals surface area contributed by atoms with E-state index in [1.165, 1.54) is 16.7 Å². The Kier molecular flexibility index (Phi) is 6.42. The third-order valence-electron chi connectivity index (χ3n) is 5.92. The van der Waals surface area contributed by atoms with Crippen molar-refractivity contribution in [3.8, 4) is 17.4 Å². The van der Waals surface area contributed by atoms with Gasteiger partial charge >= 0.3 is 5.97 Å². The molecule has 184 valence electrons. The maximum Gasteiger partial charge on any atom is 0.338 e. The van der Waals surface area contributed by atoms with Crippen molar-refractivity contribution in [3.05, 3.63) is 114 Å². The van der Waals surface area contributed by atoms with Crippen LogP contribution in [0.4, 0.5) is 4.39 Å². The molecule has 0 saturated carbocycles. The highest BCUT2D eigenvalue weighted by molar-refractivity contribution is 7.07. The molecule has 0 saturated heterocycles. The number of allylic oxidation sites excluding steroid dienone is 1. The van der Waals surface area contributed by atoms with Crippen molar-refractivity contribution in [2.75, 3.05) is 6.61 Å². The first-order valence-electron chi connectivity index (χ1n) is 11.5. The summed E-state index contributed by atoms with van der Waals surface area (Å²) in [4.78, 5) is 31.4. The molecule has 0 aliphatic carbocycles. The molecule has 0 unspecified atom stereocenters. The lowest BCUT2D eigenvalue weighted by Gasteiger charge is -2.24. The maximum atomic E-state index is 13.7. The number of ether oxygens (including phenoxy) is 1. The minimum Gasteiger partial charge on any atom is -0.463 e. The Bertz CT molecular complexity index is 1770. The van der Waals surface area contributed by atoms with Gasteiger partial charge in [0.15, 0.2) is 4.80 Å². The van der Waals surface area contributed by atoms with E-state index in [1.54, 1.807) is 62.4 Å². The van der Waals surface area contributed by atoms with Crippen molar-refractivity contribution in [2.24, 2.45) is 4.99 Å². The Balaban J connectivity index is 1.64. The van der Waals surface area contributed by atoms with Gasteiger partial charge in [-0.05, 0) is 55.8 Å². The summed E-state index contributed by atoms with van der Waals surface area (Å²) in [6, 6.07) is 17.5. The lowest BCUT2D eigenvalue weighted by Crippen LogP contribution is -2.39. The second-order valence-electron chi connectivity index (χ2n) is 8.21. The van der Waals surface area contributed by atoms with Gasteiger partial charge in [-0.2, -0.15) is 5.26 Å². The Labute approximate surface area is 214 Å². The molecule has 4 aromatic rings. The summed E-state index contributed by atoms with van der Waals surface area (Å²) in [5, 5.41) is 9.39. The highest BCUT2D eigenvalue weighted by Gasteiger charge is 2.33. The Morgan fingerprint density at radius 1 is 1.22 bits per heavy atom. The predicted molar refractivity (Wildman–Crippen MR) is 136 cm³/mol. The molecule has 0 amide bonds. The van der Waals surface area contributed by atoms with E-state index >= 15 is 0 Å². The van der Waals surface area contributed by atoms with E-state index in [-0.39, 0.29) is 17.7 Å². The van der Waals surface area contributed by atoms with Crippen molar-refractivity contribution in [1.29, 1.82) is 5.26 Å². The highest BCUT2D eigenvalue weighted by atomic mass is 32.1. The number of carbonyl (C=O) groups excluding carboxylic acids is 1. The summed E-state index contributed by atoms with van der Waals surface area (Å²) < 4.78 is 26.6. The quantitative estimate of drug-likeness (QED) is 0.375. The van der Waals surface area contributed by atoms with Crippen LogP contribution in [0.25, 0.3) is 17.4 Å². The number of furan rings is 1. The van der Waals surface area contributed by atoms with Crippen LogP contribution in [0.1, 0.15) is 36.8 Å². The number of hydrogen-bond donors (Lipinski definition) is 0. The molecule has 2 aromatic carbocycles. The smallest absolute Gasteiger partial charge is 0.338 e. The molecule has 1 atom stereocenters. The number of esters is 1. The van der Waals surface area contributed by atoms with Crippen molar-refractivity contribution in [1.82, 2.24) is 4.57 Å². The van der Waals surface area contributed by atoms with Crippen LogP contribution in [0.3, 0.4) is 0 Å². The number of halogens is 1. The molecule has 9 heteroatoms. The van der Waals surface area contributed by atoms with Crippen LogP contribution in [0.15, 0.2) is 86.1 Å². The number of benzene rings is 2. The van der Waals surface area contributed by atoms with Gasteiger partial charge in [-0.15, -0.1) is 0 Å². The van der Waals surface area contributed by atoms with E-state index in [4.69, 9.17) is 9.15 Å². The van der Waals surface area contributed by atoms with Gasteiger partial charge in [-0.25, -0.2) is 14.2 Å². The summed E-state index contributed by atoms with van der Waals surface area (Å²) >= 11 is 1.16. The van der Waals surface area contributed by atoms with E-state index in [9.17, 15) is 19.2 Å². The van der Waals surface area contributed by atoms with E-state index < -0.39 is 17.8 Å². The minimum absolute atomic E-state index is 0.159. The van der Waals surface area contributed by atoms with Crippen molar-refractivity contribution in [3.63, 3.8) is 0 Å². The SMILES string of the molecule is CCOC(=O)C1=C(C)N=c2s/c(=C\c3ccc(-c4ccccc4C#N)o3)c(=O)n2[C@@H]1c1ccc(F)cc1. The normalized spacial score (nSPS) is 15.2. The summed E-state index contributed by atoms with van der Waals surface area (Å²) in [6.45, 7) is 3.54. The third-order valence-corrected chi connectivity index (χ3v) is 6.90. The molecule has 37 heavy (non-hydrogen) atoms. The van der Waals surface area contributed by atoms with Crippen LogP contribution < -0.4 is 14.9 Å². The Morgan fingerprint density at radius 2 is 1.97 bits per heavy atom. The molecule has 1 aliphatic rings. The average Bonchev–Trinajstić information content (AvgIpc) is 3.48. The molecule has 0 bridgehead atoms. The molecular formula is C28H20FN3O4S. The number of fused-ring (bicyclic) bond motifs is 1. The molecule has 2 aromatic heterocycles. The number of carbonyl (C=O) groups is 1. The fourth-order valence-electron chi connectivity index (χ4n) is 4.25. The minimum atomic E-state index is -0.826. The number of nitrogens with zero attached hydrogens (tertiary/aromatic N) is 3. The molecule has 7 nitrogen and oxygen atoms in total. The fourth-order valence-corrected chi connectivity index (χ4v) is 5.28. The number of aromatic nitrogens is 1. The van der Waals surface area contributed by atoms with Crippen LogP contribution >= 0.6 is 11.3 Å². The summed E-state index contributed by atoms with van der Waals surface area (Å²) in [5.74, 6) is -0.0891.